The van der Waals surface area contributed by atoms with Gasteiger partial charge in [-0.25, -0.2) is 4.39 Å². The first-order valence-corrected chi connectivity index (χ1v) is 5.58. The topological polar surface area (TPSA) is 33.5 Å². The van der Waals surface area contributed by atoms with Crippen molar-refractivity contribution in [1.82, 2.24) is 4.90 Å². The van der Waals surface area contributed by atoms with Gasteiger partial charge in [0.2, 0.25) is 5.91 Å². The quantitative estimate of drug-likeness (QED) is 0.781. The fourth-order valence-electron chi connectivity index (χ4n) is 1.86. The average molecular weight is 247 g/mol. The summed E-state index contributed by atoms with van der Waals surface area (Å²) >= 11 is 0. The molecule has 1 heterocycles. The van der Waals surface area contributed by atoms with E-state index in [1.54, 1.807) is 19.2 Å². The van der Waals surface area contributed by atoms with E-state index in [0.29, 0.717) is 12.3 Å². The SMILES string of the molecule is C=CC(=O)N(C)Cc1oc2c(F)cccc2c1C. The first-order valence-electron chi connectivity index (χ1n) is 5.58. The van der Waals surface area contributed by atoms with Crippen molar-refractivity contribution in [3.63, 3.8) is 0 Å². The van der Waals surface area contributed by atoms with Crippen LogP contribution in [0.25, 0.3) is 11.0 Å². The second-order valence-electron chi connectivity index (χ2n) is 4.17. The van der Waals surface area contributed by atoms with Gasteiger partial charge in [0.15, 0.2) is 11.4 Å². The molecular weight excluding hydrogens is 233 g/mol. The number of furan rings is 1. The fraction of sp³-hybridized carbons (Fsp3) is 0.214. The third kappa shape index (κ3) is 2.01. The molecule has 2 rings (SSSR count). The summed E-state index contributed by atoms with van der Waals surface area (Å²) in [5.41, 5.74) is 1.10. The number of hydrogen-bond donors (Lipinski definition) is 0. The van der Waals surface area contributed by atoms with Crippen LogP contribution in [-0.2, 0) is 11.3 Å². The van der Waals surface area contributed by atoms with E-state index in [9.17, 15) is 9.18 Å². The Balaban J connectivity index is 2.40. The summed E-state index contributed by atoms with van der Waals surface area (Å²) in [4.78, 5) is 12.9. The Kier molecular flexibility index (Phi) is 3.19. The second-order valence-corrected chi connectivity index (χ2v) is 4.17. The molecule has 0 saturated carbocycles. The van der Waals surface area contributed by atoms with Crippen LogP contribution in [0.15, 0.2) is 35.3 Å². The minimum absolute atomic E-state index is 0.199. The lowest BCUT2D eigenvalue weighted by atomic mass is 10.1. The molecule has 0 aliphatic heterocycles. The molecule has 0 aliphatic rings. The van der Waals surface area contributed by atoms with Gasteiger partial charge in [0.05, 0.1) is 6.54 Å². The predicted molar refractivity (Wildman–Crippen MR) is 67.6 cm³/mol. The molecule has 0 unspecified atom stereocenters. The molecule has 1 aromatic carbocycles. The van der Waals surface area contributed by atoms with Crippen LogP contribution in [0, 0.1) is 12.7 Å². The molecule has 0 N–H and O–H groups in total. The van der Waals surface area contributed by atoms with Crippen LogP contribution in [0.5, 0.6) is 0 Å². The maximum absolute atomic E-state index is 13.6. The Morgan fingerprint density at radius 1 is 1.56 bits per heavy atom. The average Bonchev–Trinajstić information content (AvgIpc) is 2.68. The maximum atomic E-state index is 13.6. The first kappa shape index (κ1) is 12.4. The van der Waals surface area contributed by atoms with Crippen LogP contribution in [-0.4, -0.2) is 17.9 Å². The van der Waals surface area contributed by atoms with E-state index in [-0.39, 0.29) is 17.3 Å². The molecule has 1 amide bonds. The zero-order valence-electron chi connectivity index (χ0n) is 10.4. The summed E-state index contributed by atoms with van der Waals surface area (Å²) in [7, 11) is 1.65. The van der Waals surface area contributed by atoms with E-state index in [4.69, 9.17) is 4.42 Å². The van der Waals surface area contributed by atoms with E-state index in [0.717, 1.165) is 10.9 Å². The molecule has 0 saturated heterocycles. The first-order chi connectivity index (χ1) is 8.54. The third-order valence-electron chi connectivity index (χ3n) is 2.95. The molecule has 3 nitrogen and oxygen atoms in total. The van der Waals surface area contributed by atoms with Crippen LogP contribution < -0.4 is 0 Å². The Hall–Kier alpha value is -2.10. The van der Waals surface area contributed by atoms with Crippen molar-refractivity contribution in [2.24, 2.45) is 0 Å². The Labute approximate surface area is 104 Å². The molecular formula is C14H14FNO2. The number of hydrogen-bond acceptors (Lipinski definition) is 2. The number of para-hydroxylation sites is 1. The minimum Gasteiger partial charge on any atom is -0.456 e. The molecule has 2 aromatic rings. The lowest BCUT2D eigenvalue weighted by Crippen LogP contribution is -2.23. The number of nitrogens with zero attached hydrogens (tertiary/aromatic N) is 1. The standard InChI is InChI=1S/C14H14FNO2/c1-4-13(17)16(3)8-12-9(2)10-6-5-7-11(15)14(10)18-12/h4-7H,1,8H2,2-3H3. The highest BCUT2D eigenvalue weighted by atomic mass is 19.1. The van der Waals surface area contributed by atoms with Crippen LogP contribution in [0.1, 0.15) is 11.3 Å². The van der Waals surface area contributed by atoms with Crippen molar-refractivity contribution in [3.8, 4) is 0 Å². The van der Waals surface area contributed by atoms with Crippen LogP contribution >= 0.6 is 0 Å². The molecule has 0 radical (unpaired) electrons. The molecule has 0 aliphatic carbocycles. The monoisotopic (exact) mass is 247 g/mol. The smallest absolute Gasteiger partial charge is 0.246 e. The van der Waals surface area contributed by atoms with Crippen LogP contribution in [0.4, 0.5) is 4.39 Å². The Morgan fingerprint density at radius 3 is 2.89 bits per heavy atom. The lowest BCUT2D eigenvalue weighted by Gasteiger charge is -2.13. The summed E-state index contributed by atoms with van der Waals surface area (Å²) < 4.78 is 19.0. The van der Waals surface area contributed by atoms with Gasteiger partial charge in [-0.15, -0.1) is 0 Å². The molecule has 0 bridgehead atoms. The van der Waals surface area contributed by atoms with Crippen LogP contribution in [0.2, 0.25) is 0 Å². The summed E-state index contributed by atoms with van der Waals surface area (Å²) in [5.74, 6) is 0.00248. The fourth-order valence-corrected chi connectivity index (χ4v) is 1.86. The summed E-state index contributed by atoms with van der Waals surface area (Å²) in [6.07, 6.45) is 1.23. The molecule has 18 heavy (non-hydrogen) atoms. The number of likely N-dealkylation sites (N-methyl/N-ethyl adjacent to an activating group) is 1. The number of rotatable bonds is 3. The molecule has 0 spiro atoms. The van der Waals surface area contributed by atoms with E-state index >= 15 is 0 Å². The highest BCUT2D eigenvalue weighted by Gasteiger charge is 2.16. The minimum atomic E-state index is -0.389. The molecule has 0 atom stereocenters. The third-order valence-corrected chi connectivity index (χ3v) is 2.95. The van der Waals surface area contributed by atoms with E-state index in [1.165, 1.54) is 17.0 Å². The molecule has 1 aromatic heterocycles. The zero-order valence-corrected chi connectivity index (χ0v) is 10.4. The number of fused-ring (bicyclic) bond motifs is 1. The van der Waals surface area contributed by atoms with Crippen LogP contribution in [0.3, 0.4) is 0 Å². The van der Waals surface area contributed by atoms with Gasteiger partial charge in [0, 0.05) is 18.0 Å². The second kappa shape index (κ2) is 4.64. The molecule has 94 valence electrons. The molecule has 0 fully saturated rings. The zero-order chi connectivity index (χ0) is 13.3. The number of halogens is 1. The maximum Gasteiger partial charge on any atom is 0.246 e. The van der Waals surface area contributed by atoms with Crippen molar-refractivity contribution in [3.05, 3.63) is 48.0 Å². The van der Waals surface area contributed by atoms with Crippen molar-refractivity contribution in [2.75, 3.05) is 7.05 Å². The van der Waals surface area contributed by atoms with E-state index < -0.39 is 0 Å². The lowest BCUT2D eigenvalue weighted by molar-refractivity contribution is -0.125. The Morgan fingerprint density at radius 2 is 2.28 bits per heavy atom. The van der Waals surface area contributed by atoms with Gasteiger partial charge in [-0.1, -0.05) is 18.7 Å². The van der Waals surface area contributed by atoms with Gasteiger partial charge in [-0.3, -0.25) is 4.79 Å². The Bertz CT molecular complexity index is 616. The normalized spacial score (nSPS) is 10.6. The summed E-state index contributed by atoms with van der Waals surface area (Å²) in [6, 6.07) is 4.80. The van der Waals surface area contributed by atoms with Gasteiger partial charge in [-0.05, 0) is 19.1 Å². The van der Waals surface area contributed by atoms with Crippen molar-refractivity contribution in [2.45, 2.75) is 13.5 Å². The number of carbonyl (C=O) groups excluding carboxylic acids is 1. The van der Waals surface area contributed by atoms with Crippen molar-refractivity contribution < 1.29 is 13.6 Å². The number of aryl methyl sites for hydroxylation is 1. The van der Waals surface area contributed by atoms with Gasteiger partial charge in [0.25, 0.3) is 0 Å². The van der Waals surface area contributed by atoms with Crippen molar-refractivity contribution in [1.29, 1.82) is 0 Å². The van der Waals surface area contributed by atoms with Gasteiger partial charge >= 0.3 is 0 Å². The number of benzene rings is 1. The largest absolute Gasteiger partial charge is 0.456 e. The summed E-state index contributed by atoms with van der Waals surface area (Å²) in [5, 5.41) is 0.740. The molecule has 4 heteroatoms. The van der Waals surface area contributed by atoms with Gasteiger partial charge in [-0.2, -0.15) is 0 Å². The van der Waals surface area contributed by atoms with Gasteiger partial charge < -0.3 is 9.32 Å². The van der Waals surface area contributed by atoms with E-state index in [2.05, 4.69) is 6.58 Å². The predicted octanol–water partition coefficient (Wildman–Crippen LogP) is 3.02. The number of amides is 1. The van der Waals surface area contributed by atoms with Crippen molar-refractivity contribution >= 4 is 16.9 Å². The highest BCUT2D eigenvalue weighted by molar-refractivity contribution is 5.87. The highest BCUT2D eigenvalue weighted by Crippen LogP contribution is 2.27. The number of carbonyl (C=O) groups is 1. The van der Waals surface area contributed by atoms with Gasteiger partial charge in [0.1, 0.15) is 5.76 Å². The van der Waals surface area contributed by atoms with E-state index in [1.807, 2.05) is 6.92 Å². The summed E-state index contributed by atoms with van der Waals surface area (Å²) in [6.45, 7) is 5.57.